The zero-order chi connectivity index (χ0) is 71.2. The van der Waals surface area contributed by atoms with Crippen LogP contribution in [0.4, 0.5) is 17.6 Å². The lowest BCUT2D eigenvalue weighted by molar-refractivity contribution is 0.113. The smallest absolute Gasteiger partial charge is 0.185 e. The van der Waals surface area contributed by atoms with Crippen LogP contribution in [0.1, 0.15) is 117 Å². The number of aliphatic imine (C=N–C) groups is 4. The van der Waals surface area contributed by atoms with Gasteiger partial charge in [-0.1, -0.05) is 71.3 Å². The number of amidine groups is 4. The summed E-state index contributed by atoms with van der Waals surface area (Å²) in [5.41, 5.74) is 15.8. The Balaban J connectivity index is 0.000000156. The average molecular weight is 1470 g/mol. The molecule has 16 N–H and O–H groups in total. The average Bonchev–Trinajstić information content (AvgIpc) is 1.68. The number of nitrogens with zero attached hydrogens (tertiary/aromatic N) is 12. The van der Waals surface area contributed by atoms with Gasteiger partial charge in [-0.05, 0) is 186 Å². The van der Waals surface area contributed by atoms with E-state index in [0.717, 1.165) is 117 Å². The van der Waals surface area contributed by atoms with Gasteiger partial charge in [0.1, 0.15) is 23.3 Å². The molecule has 4 aliphatic rings. The first-order chi connectivity index (χ1) is 48.5. The number of fused-ring (bicyclic) bond motifs is 4. The van der Waals surface area contributed by atoms with Crippen molar-refractivity contribution in [1.82, 2.24) is 63.2 Å². The molecule has 0 radical (unpaired) electrons. The fourth-order valence-corrected chi connectivity index (χ4v) is 13.8. The lowest BCUT2D eigenvalue weighted by atomic mass is 10.1. The van der Waals surface area contributed by atoms with Crippen LogP contribution in [-0.4, -0.2) is 200 Å². The Morgan fingerprint density at radius 3 is 0.770 bits per heavy atom. The lowest BCUT2D eigenvalue weighted by Crippen LogP contribution is -2.23. The molecule has 12 rings (SSSR count). The number of aliphatic hydroxyl groups is 8. The molecule has 32 nitrogen and oxygen atoms in total. The molecular weight excluding hydrogens is 1410 g/mol. The second-order valence-corrected chi connectivity index (χ2v) is 26.2. The minimum absolute atomic E-state index is 0.0457. The van der Waals surface area contributed by atoms with Crippen molar-refractivity contribution in [3.05, 3.63) is 163 Å². The molecule has 8 atom stereocenters. The molecule has 4 heterocycles. The van der Waals surface area contributed by atoms with Gasteiger partial charge in [-0.2, -0.15) is 0 Å². The minimum atomic E-state index is -0.915. The number of benzene rings is 4. The molecule has 0 aliphatic heterocycles. The molecule has 0 saturated carbocycles. The van der Waals surface area contributed by atoms with Gasteiger partial charge in [0.2, 0.25) is 0 Å². The topological polar surface area (TPSA) is 496 Å². The molecule has 4 aromatic heterocycles. The Bertz CT molecular complexity index is 3590. The molecule has 536 valence electrons. The number of halogens is 4. The summed E-state index contributed by atoms with van der Waals surface area (Å²) in [6, 6.07) is 17.1. The van der Waals surface area contributed by atoms with Crippen LogP contribution in [0.2, 0.25) is 0 Å². The predicted octanol–water partition coefficient (Wildman–Crippen LogP) is 4.27. The lowest BCUT2D eigenvalue weighted by Gasteiger charge is -2.10. The number of rotatable bonds is 24. The van der Waals surface area contributed by atoms with Crippen LogP contribution in [0.25, 0.3) is 0 Å². The van der Waals surface area contributed by atoms with Crippen molar-refractivity contribution >= 4 is 70.4 Å². The fourth-order valence-electron chi connectivity index (χ4n) is 10.5. The molecule has 4 aromatic carbocycles. The molecule has 0 fully saturated rings. The summed E-state index contributed by atoms with van der Waals surface area (Å²) in [6.45, 7) is -1.51. The number of aliphatic hydroxyl groups excluding tert-OH is 8. The van der Waals surface area contributed by atoms with E-state index in [1.807, 2.05) is 21.9 Å². The van der Waals surface area contributed by atoms with Crippen LogP contribution in [0.15, 0.2) is 131 Å². The van der Waals surface area contributed by atoms with E-state index in [1.165, 1.54) is 48.5 Å². The van der Waals surface area contributed by atoms with Crippen molar-refractivity contribution in [2.75, 3.05) is 49.4 Å². The van der Waals surface area contributed by atoms with Crippen LogP contribution < -0.4 is 21.9 Å². The summed E-state index contributed by atoms with van der Waals surface area (Å²) in [4.78, 5) is 17.7. The number of hydrogen-bond donors (Lipinski definition) is 16. The Kier molecular flexibility index (Phi) is 28.6. The Hall–Kier alpha value is -8.04. The second-order valence-electron chi connectivity index (χ2n) is 22.2. The quantitative estimate of drug-likeness (QED) is 0.0132. The van der Waals surface area contributed by atoms with E-state index in [4.69, 9.17) is 38.9 Å². The summed E-state index contributed by atoms with van der Waals surface area (Å²) >= 11 is 4.43. The molecule has 0 spiro atoms. The number of aryl methyl sites for hydroxylation is 4. The third kappa shape index (κ3) is 20.2. The van der Waals surface area contributed by atoms with Crippen molar-refractivity contribution in [2.24, 2.45) is 20.0 Å². The molecule has 0 bridgehead atoms. The second kappa shape index (κ2) is 37.6. The molecule has 0 unspecified atom stereocenters. The SMILES string of the molecule is OC[C@@H](O)CSc1nonc1C(=N[C@@H]1CCc2ccc(F)cc21)NO.OC[C@@H](O)CSc1nonc1C(=N[C@H]1CCc2ccc(F)cc21)NO.OC[C@H](O)CSc1nonc1C(=N[C@@H]1CCc2ccc(F)cc21)NO.OC[C@H](O)CSc1nonc1C(=N[C@H]1CCc2ccc(F)cc21)NO. The summed E-state index contributed by atoms with van der Waals surface area (Å²) in [5.74, 6) is -0.465. The van der Waals surface area contributed by atoms with Gasteiger partial charge in [0.05, 0.1) is 75.0 Å². The molecule has 8 aromatic rings. The van der Waals surface area contributed by atoms with Crippen molar-refractivity contribution in [1.29, 1.82) is 0 Å². The monoisotopic (exact) mass is 1470 g/mol. The van der Waals surface area contributed by atoms with Gasteiger partial charge in [-0.15, -0.1) is 0 Å². The molecule has 4 aliphatic carbocycles. The van der Waals surface area contributed by atoms with Gasteiger partial charge >= 0.3 is 0 Å². The summed E-state index contributed by atoms with van der Waals surface area (Å²) in [6.07, 6.45) is 2.14. The van der Waals surface area contributed by atoms with E-state index in [2.05, 4.69) is 61.2 Å². The number of hydrogen-bond acceptors (Lipinski definition) is 32. The van der Waals surface area contributed by atoms with Crippen molar-refractivity contribution in [3.8, 4) is 0 Å². The van der Waals surface area contributed by atoms with Crippen molar-refractivity contribution in [2.45, 2.75) is 120 Å². The predicted molar refractivity (Wildman–Crippen MR) is 348 cm³/mol. The number of nitrogens with one attached hydrogen (secondary N) is 4. The van der Waals surface area contributed by atoms with Crippen LogP contribution in [0.5, 0.6) is 0 Å². The van der Waals surface area contributed by atoms with E-state index in [1.54, 1.807) is 24.3 Å². The zero-order valence-electron chi connectivity index (χ0n) is 52.4. The molecular formula is C60H68F4N16O16S4. The third-order valence-electron chi connectivity index (χ3n) is 15.4. The van der Waals surface area contributed by atoms with Gasteiger partial charge < -0.3 is 40.9 Å². The third-order valence-corrected chi connectivity index (χ3v) is 19.8. The van der Waals surface area contributed by atoms with Crippen LogP contribution >= 0.6 is 47.0 Å². The standard InChI is InChI=1S/4C15H17FN4O4S/c4*16-9-3-1-8-2-4-12(11(8)5-9)17-14(18-23)13-15(20-24-19-13)25-7-10(22)6-21/h4*1,3,5,10,12,21-23H,2,4,6-7H2,(H,17,18)/t2*10-,12+;2*10-,12-/m1010/s1. The van der Waals surface area contributed by atoms with Crippen LogP contribution in [0, 0.1) is 23.3 Å². The highest BCUT2D eigenvalue weighted by Gasteiger charge is 2.31. The van der Waals surface area contributed by atoms with Crippen molar-refractivity contribution < 1.29 is 97.8 Å². The van der Waals surface area contributed by atoms with E-state index in [9.17, 15) is 58.8 Å². The summed E-state index contributed by atoms with van der Waals surface area (Å²) < 4.78 is 72.8. The number of hydroxylamine groups is 4. The van der Waals surface area contributed by atoms with Crippen LogP contribution in [0.3, 0.4) is 0 Å². The first kappa shape index (κ1) is 76.1. The minimum Gasteiger partial charge on any atom is -0.394 e. The zero-order valence-corrected chi connectivity index (χ0v) is 55.6. The highest BCUT2D eigenvalue weighted by Crippen LogP contribution is 2.39. The maximum absolute atomic E-state index is 13.5. The van der Waals surface area contributed by atoms with Gasteiger partial charge in [-0.25, -0.2) is 36.1 Å². The largest absolute Gasteiger partial charge is 0.394 e. The maximum atomic E-state index is 13.5. The summed E-state index contributed by atoms with van der Waals surface area (Å²) in [7, 11) is 0. The normalized spacial score (nSPS) is 18.2. The maximum Gasteiger partial charge on any atom is 0.185 e. The summed E-state index contributed by atoms with van der Waals surface area (Å²) in [5, 5.41) is 142. The van der Waals surface area contributed by atoms with E-state index in [-0.39, 0.29) is 143 Å². The molecule has 0 saturated heterocycles. The Morgan fingerprint density at radius 1 is 0.370 bits per heavy atom. The molecule has 100 heavy (non-hydrogen) atoms. The van der Waals surface area contributed by atoms with Gasteiger partial charge in [0, 0.05) is 23.0 Å². The fraction of sp³-hybridized carbons (Fsp3) is 0.400. The van der Waals surface area contributed by atoms with E-state index < -0.39 is 24.4 Å². The molecule has 0 amide bonds. The van der Waals surface area contributed by atoms with Gasteiger partial charge in [0.15, 0.2) is 66.2 Å². The number of thioether (sulfide) groups is 4. The van der Waals surface area contributed by atoms with Crippen molar-refractivity contribution in [3.63, 3.8) is 0 Å². The Labute approximate surface area is 581 Å². The highest BCUT2D eigenvalue weighted by molar-refractivity contribution is 8.00. The van der Waals surface area contributed by atoms with Gasteiger partial charge in [0.25, 0.3) is 0 Å². The number of aromatic nitrogens is 8. The first-order valence-corrected chi connectivity index (χ1v) is 34.5. The Morgan fingerprint density at radius 2 is 0.580 bits per heavy atom. The van der Waals surface area contributed by atoms with Crippen LogP contribution in [-0.2, 0) is 25.7 Å². The van der Waals surface area contributed by atoms with Gasteiger partial charge in [-0.3, -0.25) is 62.7 Å². The van der Waals surface area contributed by atoms with E-state index >= 15 is 0 Å². The van der Waals surface area contributed by atoms with E-state index in [0.29, 0.717) is 45.8 Å². The first-order valence-electron chi connectivity index (χ1n) is 30.5. The molecule has 40 heteroatoms. The highest BCUT2D eigenvalue weighted by atomic mass is 32.2.